The minimum absolute atomic E-state index is 0.0409. The lowest BCUT2D eigenvalue weighted by atomic mass is 10.1. The molecule has 0 saturated carbocycles. The fraction of sp³-hybridized carbons (Fsp3) is 0.200. The van der Waals surface area contributed by atoms with Crippen molar-refractivity contribution in [2.75, 3.05) is 0 Å². The monoisotopic (exact) mass is 273 g/mol. The summed E-state index contributed by atoms with van der Waals surface area (Å²) in [4.78, 5) is 10.5. The molecule has 1 N–H and O–H groups in total. The van der Waals surface area contributed by atoms with E-state index in [9.17, 15) is 15.2 Å². The predicted octanol–water partition coefficient (Wildman–Crippen LogP) is 3.23. The Bertz CT molecular complexity index is 610. The minimum Gasteiger partial charge on any atom is -0.489 e. The molecule has 5 heteroatoms. The van der Waals surface area contributed by atoms with Crippen molar-refractivity contribution < 1.29 is 14.8 Å². The van der Waals surface area contributed by atoms with Crippen molar-refractivity contribution in [1.82, 2.24) is 0 Å². The molecule has 2 rings (SSSR count). The maximum Gasteiger partial charge on any atom is 0.276 e. The van der Waals surface area contributed by atoms with E-state index in [1.807, 2.05) is 0 Å². The molecule has 0 fully saturated rings. The molecular formula is C15H15NO4. The molecule has 5 nitrogen and oxygen atoms in total. The number of para-hydroxylation sites is 1. The van der Waals surface area contributed by atoms with E-state index >= 15 is 0 Å². The largest absolute Gasteiger partial charge is 0.489 e. The van der Waals surface area contributed by atoms with E-state index in [4.69, 9.17) is 4.74 Å². The molecule has 1 atom stereocenters. The Labute approximate surface area is 116 Å². The normalized spacial score (nSPS) is 11.9. The average Bonchev–Trinajstić information content (AvgIpc) is 2.45. The van der Waals surface area contributed by atoms with Crippen molar-refractivity contribution in [3.05, 3.63) is 69.8 Å². The second-order valence-electron chi connectivity index (χ2n) is 4.42. The number of hydrogen-bond donors (Lipinski definition) is 1. The fourth-order valence-corrected chi connectivity index (χ4v) is 1.84. The van der Waals surface area contributed by atoms with Gasteiger partial charge in [-0.3, -0.25) is 10.1 Å². The lowest BCUT2D eigenvalue weighted by molar-refractivity contribution is -0.385. The van der Waals surface area contributed by atoms with Crippen molar-refractivity contribution in [3.8, 4) is 5.75 Å². The van der Waals surface area contributed by atoms with Crippen LogP contribution in [0.25, 0.3) is 0 Å². The number of hydrogen-bond acceptors (Lipinski definition) is 4. The highest BCUT2D eigenvalue weighted by Crippen LogP contribution is 2.22. The second kappa shape index (κ2) is 6.16. The van der Waals surface area contributed by atoms with Crippen molar-refractivity contribution >= 4 is 5.69 Å². The highest BCUT2D eigenvalue weighted by molar-refractivity contribution is 5.40. The van der Waals surface area contributed by atoms with Crippen LogP contribution in [0.2, 0.25) is 0 Å². The van der Waals surface area contributed by atoms with Crippen LogP contribution in [0.5, 0.6) is 5.75 Å². The number of rotatable bonds is 5. The van der Waals surface area contributed by atoms with E-state index in [0.29, 0.717) is 11.3 Å². The molecule has 0 aromatic heterocycles. The van der Waals surface area contributed by atoms with Crippen molar-refractivity contribution in [2.24, 2.45) is 0 Å². The van der Waals surface area contributed by atoms with Gasteiger partial charge in [-0.15, -0.1) is 0 Å². The number of benzene rings is 2. The molecule has 0 heterocycles. The summed E-state index contributed by atoms with van der Waals surface area (Å²) < 4.78 is 5.56. The number of nitro groups is 1. The van der Waals surface area contributed by atoms with Crippen LogP contribution in [0, 0.1) is 10.1 Å². The third kappa shape index (κ3) is 3.33. The Kier molecular flexibility index (Phi) is 4.32. The van der Waals surface area contributed by atoms with Crippen molar-refractivity contribution in [3.63, 3.8) is 0 Å². The maximum absolute atomic E-state index is 10.9. The van der Waals surface area contributed by atoms with Gasteiger partial charge in [0.1, 0.15) is 12.4 Å². The van der Waals surface area contributed by atoms with Gasteiger partial charge in [0, 0.05) is 6.07 Å². The van der Waals surface area contributed by atoms with Crippen molar-refractivity contribution in [2.45, 2.75) is 19.6 Å². The van der Waals surface area contributed by atoms with Crippen LogP contribution in [0.15, 0.2) is 48.5 Å². The first-order chi connectivity index (χ1) is 9.58. The zero-order valence-electron chi connectivity index (χ0n) is 11.0. The third-order valence-corrected chi connectivity index (χ3v) is 2.92. The predicted molar refractivity (Wildman–Crippen MR) is 74.5 cm³/mol. The zero-order valence-corrected chi connectivity index (χ0v) is 11.0. The molecular weight excluding hydrogens is 258 g/mol. The molecule has 0 aliphatic carbocycles. The Balaban J connectivity index is 2.13. The van der Waals surface area contributed by atoms with Gasteiger partial charge < -0.3 is 9.84 Å². The van der Waals surface area contributed by atoms with Gasteiger partial charge in [0.05, 0.1) is 16.6 Å². The van der Waals surface area contributed by atoms with Gasteiger partial charge in [-0.2, -0.15) is 0 Å². The average molecular weight is 273 g/mol. The Morgan fingerprint density at radius 2 is 2.00 bits per heavy atom. The van der Waals surface area contributed by atoms with E-state index in [1.165, 1.54) is 6.07 Å². The zero-order chi connectivity index (χ0) is 14.5. The van der Waals surface area contributed by atoms with E-state index < -0.39 is 11.0 Å². The molecule has 0 radical (unpaired) electrons. The Morgan fingerprint density at radius 3 is 2.70 bits per heavy atom. The molecule has 0 aliphatic heterocycles. The van der Waals surface area contributed by atoms with Crippen LogP contribution in [0.4, 0.5) is 5.69 Å². The van der Waals surface area contributed by atoms with Crippen LogP contribution >= 0.6 is 0 Å². The number of nitrogens with zero attached hydrogens (tertiary/aromatic N) is 1. The number of ether oxygens (including phenoxy) is 1. The number of nitro benzene ring substituents is 1. The first-order valence-electron chi connectivity index (χ1n) is 6.21. The van der Waals surface area contributed by atoms with E-state index in [2.05, 4.69) is 0 Å². The van der Waals surface area contributed by atoms with Gasteiger partial charge in [0.15, 0.2) is 0 Å². The van der Waals surface area contributed by atoms with Crippen LogP contribution in [0.3, 0.4) is 0 Å². The van der Waals surface area contributed by atoms with Crippen LogP contribution < -0.4 is 4.74 Å². The lowest BCUT2D eigenvalue weighted by Crippen LogP contribution is -2.01. The number of aliphatic hydroxyl groups excluding tert-OH is 1. The minimum atomic E-state index is -0.579. The summed E-state index contributed by atoms with van der Waals surface area (Å²) in [6.45, 7) is 1.78. The molecule has 2 aromatic rings. The van der Waals surface area contributed by atoms with Gasteiger partial charge in [-0.1, -0.05) is 24.3 Å². The highest BCUT2D eigenvalue weighted by atomic mass is 16.6. The first-order valence-corrected chi connectivity index (χ1v) is 6.21. The third-order valence-electron chi connectivity index (χ3n) is 2.92. The molecule has 1 unspecified atom stereocenters. The molecule has 104 valence electrons. The molecule has 0 bridgehead atoms. The Morgan fingerprint density at radius 1 is 1.25 bits per heavy atom. The molecule has 2 aromatic carbocycles. The van der Waals surface area contributed by atoms with Crippen LogP contribution in [-0.2, 0) is 6.61 Å². The van der Waals surface area contributed by atoms with Gasteiger partial charge in [-0.25, -0.2) is 0 Å². The summed E-state index contributed by atoms with van der Waals surface area (Å²) in [5.41, 5.74) is 1.30. The summed E-state index contributed by atoms with van der Waals surface area (Å²) >= 11 is 0. The fourth-order valence-electron chi connectivity index (χ4n) is 1.84. The summed E-state index contributed by atoms with van der Waals surface area (Å²) in [5.74, 6) is 0.571. The summed E-state index contributed by atoms with van der Waals surface area (Å²) in [5, 5.41) is 20.4. The summed E-state index contributed by atoms with van der Waals surface area (Å²) in [6, 6.07) is 13.5. The molecule has 20 heavy (non-hydrogen) atoms. The molecule has 0 spiro atoms. The summed E-state index contributed by atoms with van der Waals surface area (Å²) in [6.07, 6.45) is -0.579. The quantitative estimate of drug-likeness (QED) is 0.670. The second-order valence-corrected chi connectivity index (χ2v) is 4.42. The molecule has 0 amide bonds. The Hall–Kier alpha value is -2.40. The van der Waals surface area contributed by atoms with Gasteiger partial charge in [0.2, 0.25) is 0 Å². The smallest absolute Gasteiger partial charge is 0.276 e. The van der Waals surface area contributed by atoms with Crippen molar-refractivity contribution in [1.29, 1.82) is 0 Å². The number of aliphatic hydroxyl groups is 1. The van der Waals surface area contributed by atoms with Crippen LogP contribution in [-0.4, -0.2) is 10.0 Å². The van der Waals surface area contributed by atoms with Gasteiger partial charge in [0.25, 0.3) is 5.69 Å². The standard InChI is InChI=1S/C15H15NO4/c1-11(17)12-6-4-7-14(9-12)20-10-13-5-2-3-8-15(13)16(18)19/h2-9,11,17H,10H2,1H3. The molecule has 0 saturated heterocycles. The van der Waals surface area contributed by atoms with E-state index in [0.717, 1.165) is 5.56 Å². The first kappa shape index (κ1) is 14.0. The van der Waals surface area contributed by atoms with Gasteiger partial charge >= 0.3 is 0 Å². The topological polar surface area (TPSA) is 72.6 Å². The van der Waals surface area contributed by atoms with Crippen LogP contribution in [0.1, 0.15) is 24.2 Å². The maximum atomic E-state index is 10.9. The van der Waals surface area contributed by atoms with E-state index in [1.54, 1.807) is 49.4 Å². The highest BCUT2D eigenvalue weighted by Gasteiger charge is 2.12. The van der Waals surface area contributed by atoms with Gasteiger partial charge in [-0.05, 0) is 30.7 Å². The molecule has 0 aliphatic rings. The lowest BCUT2D eigenvalue weighted by Gasteiger charge is -2.09. The van der Waals surface area contributed by atoms with E-state index in [-0.39, 0.29) is 12.3 Å². The summed E-state index contributed by atoms with van der Waals surface area (Å²) in [7, 11) is 0. The SMILES string of the molecule is CC(O)c1cccc(OCc2ccccc2[N+](=O)[O-])c1.